The van der Waals surface area contributed by atoms with E-state index in [4.69, 9.17) is 30.5 Å². The van der Waals surface area contributed by atoms with Crippen molar-refractivity contribution in [3.63, 3.8) is 0 Å². The zero-order chi connectivity index (χ0) is 28.0. The summed E-state index contributed by atoms with van der Waals surface area (Å²) in [7, 11) is 1.73. The first-order chi connectivity index (χ1) is 19.2. The number of rotatable bonds is 8. The van der Waals surface area contributed by atoms with Crippen molar-refractivity contribution in [2.75, 3.05) is 13.2 Å². The number of ether oxygens (including phenoxy) is 4. The number of nitrogens with one attached hydrogen (secondary N) is 2. The lowest BCUT2D eigenvalue weighted by molar-refractivity contribution is 0.00706. The van der Waals surface area contributed by atoms with Crippen LogP contribution in [0.5, 0.6) is 11.9 Å². The molecule has 2 aliphatic rings. The van der Waals surface area contributed by atoms with Gasteiger partial charge in [-0.15, -0.1) is 0 Å². The third-order valence-electron chi connectivity index (χ3n) is 6.57. The molecular formula is C25H23ClF2N6O6. The maximum Gasteiger partial charge on any atom is 0.296 e. The van der Waals surface area contributed by atoms with E-state index in [-0.39, 0.29) is 47.9 Å². The second kappa shape index (κ2) is 10.6. The van der Waals surface area contributed by atoms with Crippen LogP contribution in [0.3, 0.4) is 0 Å². The second-order valence-corrected chi connectivity index (χ2v) is 9.79. The number of amides is 1. The van der Waals surface area contributed by atoms with Crippen molar-refractivity contribution in [2.45, 2.75) is 37.6 Å². The highest BCUT2D eigenvalue weighted by Crippen LogP contribution is 2.31. The summed E-state index contributed by atoms with van der Waals surface area (Å²) in [5, 5.41) is 16.7. The van der Waals surface area contributed by atoms with Crippen LogP contribution in [0.2, 0.25) is 5.02 Å². The van der Waals surface area contributed by atoms with Gasteiger partial charge in [-0.2, -0.15) is 15.1 Å². The molecule has 5 heterocycles. The molecule has 210 valence electrons. The average molecular weight is 577 g/mol. The van der Waals surface area contributed by atoms with Crippen molar-refractivity contribution in [1.82, 2.24) is 30.0 Å². The minimum absolute atomic E-state index is 0.0700. The van der Waals surface area contributed by atoms with Gasteiger partial charge in [-0.25, -0.2) is 8.78 Å². The molecule has 0 bridgehead atoms. The average Bonchev–Trinajstić information content (AvgIpc) is 3.69. The van der Waals surface area contributed by atoms with Gasteiger partial charge in [0.15, 0.2) is 11.8 Å². The van der Waals surface area contributed by atoms with Crippen LogP contribution < -0.4 is 14.8 Å². The van der Waals surface area contributed by atoms with Gasteiger partial charge in [0.1, 0.15) is 41.6 Å². The summed E-state index contributed by atoms with van der Waals surface area (Å²) in [5.74, 6) is -2.69. The molecule has 0 spiro atoms. The van der Waals surface area contributed by atoms with Crippen LogP contribution in [0.15, 0.2) is 30.5 Å². The fourth-order valence-corrected chi connectivity index (χ4v) is 4.77. The van der Waals surface area contributed by atoms with E-state index < -0.39 is 54.1 Å². The number of imidazole rings is 1. The summed E-state index contributed by atoms with van der Waals surface area (Å²) in [5.41, 5.74) is 0.641. The lowest BCUT2D eigenvalue weighted by Crippen LogP contribution is -2.34. The minimum atomic E-state index is -0.966. The molecule has 0 saturated carbocycles. The zero-order valence-electron chi connectivity index (χ0n) is 20.9. The van der Waals surface area contributed by atoms with Gasteiger partial charge in [-0.1, -0.05) is 11.6 Å². The van der Waals surface area contributed by atoms with Gasteiger partial charge in [0.25, 0.3) is 11.9 Å². The molecule has 40 heavy (non-hydrogen) atoms. The maximum absolute atomic E-state index is 14.8. The van der Waals surface area contributed by atoms with Crippen molar-refractivity contribution in [1.29, 1.82) is 0 Å². The van der Waals surface area contributed by atoms with Crippen LogP contribution in [-0.4, -0.2) is 73.4 Å². The topological polar surface area (TPSA) is 146 Å². The lowest BCUT2D eigenvalue weighted by Gasteiger charge is -2.15. The highest BCUT2D eigenvalue weighted by molar-refractivity contribution is 6.32. The SMILES string of the molecule is Cn1ccc(CNC(=O)c2cc(F)c(COc3nc4nc(O[C@@H]5COC6[C@H](O)CO[C@@H]65)[nH]c4cc3Cl)c(F)c2)n1. The summed E-state index contributed by atoms with van der Waals surface area (Å²) in [6.07, 6.45) is -0.375. The number of aromatic amines is 1. The number of nitrogens with zero attached hydrogens (tertiary/aromatic N) is 4. The molecule has 12 nitrogen and oxygen atoms in total. The summed E-state index contributed by atoms with van der Waals surface area (Å²) >= 11 is 6.28. The van der Waals surface area contributed by atoms with Gasteiger partial charge in [0, 0.05) is 18.8 Å². The number of halogens is 3. The van der Waals surface area contributed by atoms with E-state index in [9.17, 15) is 18.7 Å². The van der Waals surface area contributed by atoms with E-state index in [2.05, 4.69) is 25.4 Å². The number of aromatic nitrogens is 5. The van der Waals surface area contributed by atoms with Crippen LogP contribution in [0.1, 0.15) is 21.6 Å². The molecule has 3 aromatic heterocycles. The van der Waals surface area contributed by atoms with Crippen LogP contribution >= 0.6 is 11.6 Å². The Morgan fingerprint density at radius 2 is 2.00 bits per heavy atom. The molecule has 15 heteroatoms. The Bertz CT molecular complexity index is 1560. The number of carbonyl (C=O) groups excluding carboxylic acids is 1. The Morgan fingerprint density at radius 3 is 2.75 bits per heavy atom. The molecule has 2 saturated heterocycles. The number of aryl methyl sites for hydroxylation is 1. The highest BCUT2D eigenvalue weighted by Gasteiger charge is 2.48. The third-order valence-corrected chi connectivity index (χ3v) is 6.84. The van der Waals surface area contributed by atoms with Gasteiger partial charge in [-0.3, -0.25) is 9.48 Å². The molecule has 4 atom stereocenters. The first kappa shape index (κ1) is 26.4. The van der Waals surface area contributed by atoms with Crippen molar-refractivity contribution < 1.29 is 37.6 Å². The van der Waals surface area contributed by atoms with Gasteiger partial charge >= 0.3 is 0 Å². The van der Waals surface area contributed by atoms with Gasteiger partial charge in [0.05, 0.1) is 36.5 Å². The largest absolute Gasteiger partial charge is 0.471 e. The monoisotopic (exact) mass is 576 g/mol. The number of fused-ring (bicyclic) bond motifs is 2. The number of carbonyl (C=O) groups is 1. The fraction of sp³-hybridized carbons (Fsp3) is 0.360. The van der Waals surface area contributed by atoms with E-state index in [0.29, 0.717) is 11.2 Å². The number of H-pyrrole nitrogens is 1. The molecule has 3 N–H and O–H groups in total. The van der Waals surface area contributed by atoms with Crippen LogP contribution in [0, 0.1) is 11.6 Å². The Kier molecular flexibility index (Phi) is 7.00. The van der Waals surface area contributed by atoms with Crippen LogP contribution in [-0.2, 0) is 29.7 Å². The summed E-state index contributed by atoms with van der Waals surface area (Å²) in [6, 6.07) is 5.18. The molecule has 6 rings (SSSR count). The van der Waals surface area contributed by atoms with Crippen molar-refractivity contribution in [2.24, 2.45) is 7.05 Å². The maximum atomic E-state index is 14.8. The van der Waals surface area contributed by atoms with E-state index >= 15 is 0 Å². The molecule has 2 aliphatic heterocycles. The number of hydrogen-bond donors (Lipinski definition) is 3. The molecule has 1 unspecified atom stereocenters. The number of aliphatic hydroxyl groups excluding tert-OH is 1. The summed E-state index contributed by atoms with van der Waals surface area (Å²) in [4.78, 5) is 23.8. The van der Waals surface area contributed by atoms with Gasteiger partial charge in [-0.05, 0) is 24.3 Å². The second-order valence-electron chi connectivity index (χ2n) is 9.38. The van der Waals surface area contributed by atoms with Crippen LogP contribution in [0.4, 0.5) is 8.78 Å². The van der Waals surface area contributed by atoms with E-state index in [0.717, 1.165) is 12.1 Å². The number of hydrogen-bond acceptors (Lipinski definition) is 9. The third kappa shape index (κ3) is 5.18. The first-order valence-electron chi connectivity index (χ1n) is 12.3. The van der Waals surface area contributed by atoms with E-state index in [1.54, 1.807) is 24.0 Å². The predicted molar refractivity (Wildman–Crippen MR) is 134 cm³/mol. The number of benzene rings is 1. The van der Waals surface area contributed by atoms with E-state index in [1.807, 2.05) is 0 Å². The Balaban J connectivity index is 1.11. The predicted octanol–water partition coefficient (Wildman–Crippen LogP) is 2.04. The summed E-state index contributed by atoms with van der Waals surface area (Å²) < 4.78 is 53.6. The van der Waals surface area contributed by atoms with E-state index in [1.165, 1.54) is 6.07 Å². The van der Waals surface area contributed by atoms with Crippen LogP contribution in [0.25, 0.3) is 11.2 Å². The highest BCUT2D eigenvalue weighted by atomic mass is 35.5. The summed E-state index contributed by atoms with van der Waals surface area (Å²) in [6.45, 7) is -0.0570. The minimum Gasteiger partial charge on any atom is -0.471 e. The molecule has 4 aromatic rings. The Labute approximate surface area is 230 Å². The zero-order valence-corrected chi connectivity index (χ0v) is 21.7. The first-order valence-corrected chi connectivity index (χ1v) is 12.6. The van der Waals surface area contributed by atoms with Crippen molar-refractivity contribution in [3.05, 3.63) is 63.9 Å². The smallest absolute Gasteiger partial charge is 0.296 e. The molecule has 0 radical (unpaired) electrons. The molecule has 2 fully saturated rings. The normalized spacial score (nSPS) is 22.0. The standard InChI is InChI=1S/C25H23ClF2N6O6/c1-34-3-2-12(33-34)7-29-23(36)11-4-15(27)13(16(28)5-11)8-39-24-14(26)6-17-22(31-24)32-25(30-17)40-19-10-38-20-18(35)9-37-21(19)20/h2-6,18-21,35H,7-10H2,1H3,(H,29,36)(H,30,31,32)/t18-,19-,20?,21-/m1/s1. The molecular weight excluding hydrogens is 554 g/mol. The Hall–Kier alpha value is -3.85. The Morgan fingerprint density at radius 1 is 1.23 bits per heavy atom. The van der Waals surface area contributed by atoms with Gasteiger partial charge in [0.2, 0.25) is 5.88 Å². The number of aliphatic hydroxyl groups is 1. The molecule has 1 amide bonds. The molecule has 1 aromatic carbocycles. The van der Waals surface area contributed by atoms with Crippen molar-refractivity contribution >= 4 is 28.7 Å². The number of pyridine rings is 1. The fourth-order valence-electron chi connectivity index (χ4n) is 4.57. The lowest BCUT2D eigenvalue weighted by atomic mass is 10.1. The quantitative estimate of drug-likeness (QED) is 0.287. The van der Waals surface area contributed by atoms with Gasteiger partial charge < -0.3 is 34.4 Å². The molecule has 0 aliphatic carbocycles. The van der Waals surface area contributed by atoms with Crippen molar-refractivity contribution in [3.8, 4) is 11.9 Å².